The molecule has 19 heavy (non-hydrogen) atoms. The molecular weight excluding hydrogens is 255 g/mol. The van der Waals surface area contributed by atoms with Gasteiger partial charge < -0.3 is 10.5 Å². The van der Waals surface area contributed by atoms with Crippen molar-refractivity contribution >= 4 is 0 Å². The lowest BCUT2D eigenvalue weighted by Gasteiger charge is -2.33. The molecule has 1 aliphatic rings. The highest BCUT2D eigenvalue weighted by Gasteiger charge is 2.35. The van der Waals surface area contributed by atoms with Gasteiger partial charge in [-0.05, 0) is 36.8 Å². The first kappa shape index (κ1) is 14.2. The summed E-state index contributed by atoms with van der Waals surface area (Å²) in [6.45, 7) is 2.10. The maximum atomic E-state index is 12.4. The van der Waals surface area contributed by atoms with Crippen LogP contribution in [0.1, 0.15) is 37.7 Å². The lowest BCUT2D eigenvalue weighted by Crippen LogP contribution is -2.34. The Hall–Kier alpha value is -1.23. The van der Waals surface area contributed by atoms with Crippen molar-refractivity contribution in [2.45, 2.75) is 44.5 Å². The van der Waals surface area contributed by atoms with E-state index in [9.17, 15) is 13.2 Å². The molecule has 0 saturated heterocycles. The van der Waals surface area contributed by atoms with Gasteiger partial charge in [-0.2, -0.15) is 0 Å². The summed E-state index contributed by atoms with van der Waals surface area (Å²) in [5.74, 6) is 0.288. The van der Waals surface area contributed by atoms with Crippen LogP contribution in [0.3, 0.4) is 0 Å². The quantitative estimate of drug-likeness (QED) is 0.889. The maximum absolute atomic E-state index is 12.4. The maximum Gasteiger partial charge on any atom is 0.573 e. The third-order valence-electron chi connectivity index (χ3n) is 3.71. The molecule has 3 unspecified atom stereocenters. The van der Waals surface area contributed by atoms with Gasteiger partial charge in [0.25, 0.3) is 0 Å². The summed E-state index contributed by atoms with van der Waals surface area (Å²) < 4.78 is 41.3. The van der Waals surface area contributed by atoms with Gasteiger partial charge in [0.05, 0.1) is 0 Å². The molecule has 0 aliphatic heterocycles. The second-order valence-electron chi connectivity index (χ2n) is 5.27. The minimum Gasteiger partial charge on any atom is -0.405 e. The van der Waals surface area contributed by atoms with Crippen LogP contribution in [0.15, 0.2) is 24.3 Å². The standard InChI is InChI=1S/C14H18F3NO/c1-9-6-7-12(18)11(8-9)10-4-2-3-5-13(10)19-14(15,16)17/h2-5,9,11-12H,6-8,18H2,1H3. The Morgan fingerprint density at radius 3 is 2.58 bits per heavy atom. The van der Waals surface area contributed by atoms with Crippen molar-refractivity contribution in [3.63, 3.8) is 0 Å². The van der Waals surface area contributed by atoms with Crippen LogP contribution in [0.4, 0.5) is 13.2 Å². The third-order valence-corrected chi connectivity index (χ3v) is 3.71. The van der Waals surface area contributed by atoms with E-state index < -0.39 is 6.36 Å². The van der Waals surface area contributed by atoms with Crippen molar-refractivity contribution in [2.75, 3.05) is 0 Å². The molecule has 0 radical (unpaired) electrons. The van der Waals surface area contributed by atoms with E-state index in [1.165, 1.54) is 6.07 Å². The summed E-state index contributed by atoms with van der Waals surface area (Å²) >= 11 is 0. The van der Waals surface area contributed by atoms with E-state index in [1.54, 1.807) is 18.2 Å². The molecule has 3 atom stereocenters. The number of halogens is 3. The molecule has 0 heterocycles. The SMILES string of the molecule is CC1CCC(N)C(c2ccccc2OC(F)(F)F)C1. The minimum absolute atomic E-state index is 0.0673. The molecule has 1 fully saturated rings. The van der Waals surface area contributed by atoms with Gasteiger partial charge in [-0.3, -0.25) is 0 Å². The van der Waals surface area contributed by atoms with E-state index >= 15 is 0 Å². The Labute approximate surface area is 110 Å². The van der Waals surface area contributed by atoms with Crippen LogP contribution in [0.25, 0.3) is 0 Å². The van der Waals surface area contributed by atoms with Crippen LogP contribution in [0.2, 0.25) is 0 Å². The van der Waals surface area contributed by atoms with Crippen LogP contribution >= 0.6 is 0 Å². The number of nitrogens with two attached hydrogens (primary N) is 1. The number of para-hydroxylation sites is 1. The molecule has 1 aromatic carbocycles. The second kappa shape index (κ2) is 5.41. The summed E-state index contributed by atoms with van der Waals surface area (Å²) in [7, 11) is 0. The average molecular weight is 273 g/mol. The number of hydrogen-bond donors (Lipinski definition) is 1. The van der Waals surface area contributed by atoms with Gasteiger partial charge in [0.15, 0.2) is 0 Å². The summed E-state index contributed by atoms with van der Waals surface area (Å²) in [6, 6.07) is 6.21. The van der Waals surface area contributed by atoms with Gasteiger partial charge in [-0.15, -0.1) is 13.2 Å². The molecule has 2 rings (SSSR count). The number of rotatable bonds is 2. The summed E-state index contributed by atoms with van der Waals surface area (Å²) in [5, 5.41) is 0. The zero-order valence-corrected chi connectivity index (χ0v) is 10.8. The van der Waals surface area contributed by atoms with Crippen LogP contribution in [-0.2, 0) is 0 Å². The second-order valence-corrected chi connectivity index (χ2v) is 5.27. The van der Waals surface area contributed by atoms with Crippen molar-refractivity contribution in [2.24, 2.45) is 11.7 Å². The molecule has 1 aliphatic carbocycles. The van der Waals surface area contributed by atoms with Crippen LogP contribution in [0, 0.1) is 5.92 Å². The predicted molar refractivity (Wildman–Crippen MR) is 66.9 cm³/mol. The molecule has 2 nitrogen and oxygen atoms in total. The zero-order valence-electron chi connectivity index (χ0n) is 10.8. The van der Waals surface area contributed by atoms with E-state index in [2.05, 4.69) is 11.7 Å². The van der Waals surface area contributed by atoms with Gasteiger partial charge in [-0.25, -0.2) is 0 Å². The van der Waals surface area contributed by atoms with Crippen molar-refractivity contribution in [3.8, 4) is 5.75 Å². The summed E-state index contributed by atoms with van der Waals surface area (Å²) in [6.07, 6.45) is -1.99. The van der Waals surface area contributed by atoms with Crippen LogP contribution in [0.5, 0.6) is 5.75 Å². The highest BCUT2D eigenvalue weighted by Crippen LogP contribution is 2.40. The number of benzene rings is 1. The van der Waals surface area contributed by atoms with Gasteiger partial charge in [0.1, 0.15) is 5.75 Å². The normalized spacial score (nSPS) is 28.2. The van der Waals surface area contributed by atoms with Crippen molar-refractivity contribution in [3.05, 3.63) is 29.8 Å². The molecule has 0 bridgehead atoms. The molecule has 0 aromatic heterocycles. The van der Waals surface area contributed by atoms with Crippen molar-refractivity contribution in [1.29, 1.82) is 0 Å². The molecule has 5 heteroatoms. The smallest absolute Gasteiger partial charge is 0.405 e. The number of hydrogen-bond acceptors (Lipinski definition) is 2. The fourth-order valence-electron chi connectivity index (χ4n) is 2.77. The largest absolute Gasteiger partial charge is 0.573 e. The Kier molecular flexibility index (Phi) is 4.04. The Bertz CT molecular complexity index is 433. The first-order valence-corrected chi connectivity index (χ1v) is 6.47. The van der Waals surface area contributed by atoms with E-state index in [0.29, 0.717) is 11.5 Å². The van der Waals surface area contributed by atoms with Crippen LogP contribution in [-0.4, -0.2) is 12.4 Å². The third kappa shape index (κ3) is 3.62. The fraction of sp³-hybridized carbons (Fsp3) is 0.571. The minimum atomic E-state index is -4.67. The molecule has 1 aromatic rings. The Balaban J connectivity index is 2.28. The summed E-state index contributed by atoms with van der Waals surface area (Å²) in [5.41, 5.74) is 6.64. The topological polar surface area (TPSA) is 35.2 Å². The average Bonchev–Trinajstić information content (AvgIpc) is 2.31. The van der Waals surface area contributed by atoms with E-state index in [4.69, 9.17) is 5.73 Å². The highest BCUT2D eigenvalue weighted by atomic mass is 19.4. The molecule has 0 amide bonds. The summed E-state index contributed by atoms with van der Waals surface area (Å²) in [4.78, 5) is 0. The number of ether oxygens (including phenoxy) is 1. The van der Waals surface area contributed by atoms with Crippen LogP contribution < -0.4 is 10.5 Å². The Morgan fingerprint density at radius 1 is 1.21 bits per heavy atom. The monoisotopic (exact) mass is 273 g/mol. The first-order chi connectivity index (χ1) is 8.87. The molecule has 106 valence electrons. The first-order valence-electron chi connectivity index (χ1n) is 6.47. The van der Waals surface area contributed by atoms with Gasteiger partial charge >= 0.3 is 6.36 Å². The Morgan fingerprint density at radius 2 is 1.89 bits per heavy atom. The molecule has 0 spiro atoms. The van der Waals surface area contributed by atoms with E-state index in [1.807, 2.05) is 0 Å². The molecule has 2 N–H and O–H groups in total. The van der Waals surface area contributed by atoms with Gasteiger partial charge in [-0.1, -0.05) is 25.1 Å². The fourth-order valence-corrected chi connectivity index (χ4v) is 2.77. The van der Waals surface area contributed by atoms with E-state index in [-0.39, 0.29) is 17.7 Å². The number of alkyl halides is 3. The van der Waals surface area contributed by atoms with Gasteiger partial charge in [0, 0.05) is 12.0 Å². The molecule has 1 saturated carbocycles. The lowest BCUT2D eigenvalue weighted by molar-refractivity contribution is -0.275. The zero-order chi connectivity index (χ0) is 14.0. The van der Waals surface area contributed by atoms with E-state index in [0.717, 1.165) is 19.3 Å². The lowest BCUT2D eigenvalue weighted by atomic mass is 9.75. The van der Waals surface area contributed by atoms with Gasteiger partial charge in [0.2, 0.25) is 0 Å². The van der Waals surface area contributed by atoms with Crippen molar-refractivity contribution < 1.29 is 17.9 Å². The predicted octanol–water partition coefficient (Wildman–Crippen LogP) is 3.82. The highest BCUT2D eigenvalue weighted by molar-refractivity contribution is 5.37. The molecular formula is C14H18F3NO. The van der Waals surface area contributed by atoms with Crippen molar-refractivity contribution in [1.82, 2.24) is 0 Å².